The summed E-state index contributed by atoms with van der Waals surface area (Å²) in [5, 5.41) is 17.3. The van der Waals surface area contributed by atoms with Gasteiger partial charge in [-0.1, -0.05) is 30.3 Å². The van der Waals surface area contributed by atoms with E-state index in [0.717, 1.165) is 36.1 Å². The van der Waals surface area contributed by atoms with E-state index in [1.54, 1.807) is 31.4 Å². The number of aliphatic hydroxyl groups excluding tert-OH is 1. The predicted molar refractivity (Wildman–Crippen MR) is 172 cm³/mol. The van der Waals surface area contributed by atoms with Crippen molar-refractivity contribution in [1.29, 1.82) is 0 Å². The zero-order valence-electron chi connectivity index (χ0n) is 26.9. The number of ether oxygens (including phenoxy) is 1. The smallest absolute Gasteiger partial charge is 0.239 e. The molecule has 0 aliphatic heterocycles. The van der Waals surface area contributed by atoms with Gasteiger partial charge in [-0.2, -0.15) is 0 Å². The van der Waals surface area contributed by atoms with Crippen molar-refractivity contribution in [2.75, 3.05) is 19.1 Å². The first-order valence-electron chi connectivity index (χ1n) is 15.2. The summed E-state index contributed by atoms with van der Waals surface area (Å²) in [5.74, 6) is -3.42. The Kier molecular flexibility index (Phi) is 12.9. The standard InChI is InChI=1S/C32H46FN3O8S2/c1-32(2,3)35-30(38)26-19-24(44-4)14-11-22(26)18-29(37)27(17-21-9-7-6-8-10-21)34-31(39)28(36-45(5,40)41)20-46(42,43)25-15-12-23(33)13-16-25/h6-10,12-13,15-16,22,24,26-29,36-37H,11,14,17-20H2,1-5H3,(H,34,39)(H,35,38). The van der Waals surface area contributed by atoms with Crippen LogP contribution in [0.3, 0.4) is 0 Å². The largest absolute Gasteiger partial charge is 0.391 e. The molecular formula is C32H46FN3O8S2. The molecule has 46 heavy (non-hydrogen) atoms. The molecule has 0 bridgehead atoms. The van der Waals surface area contributed by atoms with Crippen LogP contribution in [0.25, 0.3) is 0 Å². The molecule has 2 aromatic rings. The summed E-state index contributed by atoms with van der Waals surface area (Å²) < 4.78 is 71.8. The molecule has 14 heteroatoms. The normalized spacial score (nSPS) is 21.2. The number of sulfonamides is 1. The van der Waals surface area contributed by atoms with Crippen LogP contribution in [0.1, 0.15) is 52.0 Å². The number of carbonyl (C=O) groups excluding carboxylic acids is 2. The van der Waals surface area contributed by atoms with E-state index in [9.17, 15) is 35.9 Å². The van der Waals surface area contributed by atoms with Gasteiger partial charge >= 0.3 is 0 Å². The molecule has 0 radical (unpaired) electrons. The van der Waals surface area contributed by atoms with Crippen LogP contribution in [0.4, 0.5) is 4.39 Å². The average Bonchev–Trinajstić information content (AvgIpc) is 2.95. The van der Waals surface area contributed by atoms with Crippen LogP contribution in [-0.2, 0) is 40.6 Å². The van der Waals surface area contributed by atoms with Crippen molar-refractivity contribution in [3.63, 3.8) is 0 Å². The number of hydrogen-bond acceptors (Lipinski definition) is 8. The molecule has 1 aliphatic rings. The van der Waals surface area contributed by atoms with Crippen LogP contribution >= 0.6 is 0 Å². The molecule has 0 aromatic heterocycles. The third kappa shape index (κ3) is 11.7. The van der Waals surface area contributed by atoms with Crippen LogP contribution in [0.5, 0.6) is 0 Å². The number of aliphatic hydroxyl groups is 1. The lowest BCUT2D eigenvalue weighted by molar-refractivity contribution is -0.132. The van der Waals surface area contributed by atoms with Gasteiger partial charge in [0.25, 0.3) is 0 Å². The van der Waals surface area contributed by atoms with Gasteiger partial charge in [-0.15, -0.1) is 0 Å². The van der Waals surface area contributed by atoms with Crippen molar-refractivity contribution < 1.29 is 40.7 Å². The Morgan fingerprint density at radius 3 is 2.22 bits per heavy atom. The highest BCUT2D eigenvalue weighted by molar-refractivity contribution is 7.91. The molecule has 3 rings (SSSR count). The third-order valence-electron chi connectivity index (χ3n) is 7.98. The Morgan fingerprint density at radius 1 is 1.02 bits per heavy atom. The minimum Gasteiger partial charge on any atom is -0.391 e. The molecule has 6 unspecified atom stereocenters. The fourth-order valence-corrected chi connectivity index (χ4v) is 7.99. The fourth-order valence-electron chi connectivity index (χ4n) is 5.76. The van der Waals surface area contributed by atoms with E-state index in [1.807, 2.05) is 26.8 Å². The predicted octanol–water partition coefficient (Wildman–Crippen LogP) is 2.34. The Morgan fingerprint density at radius 2 is 1.65 bits per heavy atom. The maximum absolute atomic E-state index is 13.6. The van der Waals surface area contributed by atoms with Crippen molar-refractivity contribution in [1.82, 2.24) is 15.4 Å². The quantitative estimate of drug-likeness (QED) is 0.220. The second kappa shape index (κ2) is 15.8. The van der Waals surface area contributed by atoms with Gasteiger partial charge in [0.2, 0.25) is 21.8 Å². The van der Waals surface area contributed by atoms with E-state index in [0.29, 0.717) is 19.3 Å². The number of sulfone groups is 1. The number of methoxy groups -OCH3 is 1. The second-order valence-electron chi connectivity index (χ2n) is 13.1. The fraction of sp³-hybridized carbons (Fsp3) is 0.562. The summed E-state index contributed by atoms with van der Waals surface area (Å²) in [6.07, 6.45) is 1.55. The highest BCUT2D eigenvalue weighted by Crippen LogP contribution is 2.36. The molecule has 1 aliphatic carbocycles. The highest BCUT2D eigenvalue weighted by Gasteiger charge is 2.39. The SMILES string of the molecule is COC1CCC(CC(O)C(Cc2ccccc2)NC(=O)C(CS(=O)(=O)c2ccc(F)cc2)NS(C)(=O)=O)C(C(=O)NC(C)(C)C)C1. The molecule has 11 nitrogen and oxygen atoms in total. The summed E-state index contributed by atoms with van der Waals surface area (Å²) in [6, 6.07) is 10.3. The van der Waals surface area contributed by atoms with Gasteiger partial charge in [0, 0.05) is 18.6 Å². The van der Waals surface area contributed by atoms with Crippen molar-refractivity contribution in [2.24, 2.45) is 11.8 Å². The number of amides is 2. The summed E-state index contributed by atoms with van der Waals surface area (Å²) in [7, 11) is -6.71. The number of nitrogens with one attached hydrogen (secondary N) is 3. The molecular weight excluding hydrogens is 637 g/mol. The van der Waals surface area contributed by atoms with Crippen molar-refractivity contribution >= 4 is 31.7 Å². The maximum atomic E-state index is 13.6. The number of carbonyl (C=O) groups is 2. The first kappa shape index (κ1) is 37.5. The Hall–Kier alpha value is -2.91. The van der Waals surface area contributed by atoms with Crippen LogP contribution in [0, 0.1) is 17.7 Å². The van der Waals surface area contributed by atoms with E-state index in [1.165, 1.54) is 0 Å². The van der Waals surface area contributed by atoms with Gasteiger partial charge in [0.05, 0.1) is 35.2 Å². The van der Waals surface area contributed by atoms with Crippen LogP contribution in [-0.4, -0.2) is 82.7 Å². The third-order valence-corrected chi connectivity index (χ3v) is 10.5. The lowest BCUT2D eigenvalue weighted by atomic mass is 9.73. The van der Waals surface area contributed by atoms with E-state index in [2.05, 4.69) is 15.4 Å². The maximum Gasteiger partial charge on any atom is 0.239 e. The van der Waals surface area contributed by atoms with Gasteiger partial charge in [-0.3, -0.25) is 9.59 Å². The van der Waals surface area contributed by atoms with E-state index in [-0.39, 0.29) is 35.7 Å². The number of rotatable bonds is 14. The molecule has 1 fully saturated rings. The first-order valence-corrected chi connectivity index (χ1v) is 18.7. The zero-order chi connectivity index (χ0) is 34.3. The number of benzene rings is 2. The lowest BCUT2D eigenvalue weighted by Crippen LogP contribution is -2.55. The van der Waals surface area contributed by atoms with E-state index < -0.39 is 67.0 Å². The minimum absolute atomic E-state index is 0.116. The van der Waals surface area contributed by atoms with Crippen molar-refractivity contribution in [3.8, 4) is 0 Å². The van der Waals surface area contributed by atoms with Gasteiger partial charge < -0.3 is 20.5 Å². The molecule has 0 saturated heterocycles. The molecule has 2 amide bonds. The van der Waals surface area contributed by atoms with Crippen LogP contribution in [0.2, 0.25) is 0 Å². The zero-order valence-corrected chi connectivity index (χ0v) is 28.5. The lowest BCUT2D eigenvalue weighted by Gasteiger charge is -2.38. The van der Waals surface area contributed by atoms with Gasteiger partial charge in [0.15, 0.2) is 9.84 Å². The summed E-state index contributed by atoms with van der Waals surface area (Å²) in [6.45, 7) is 5.65. The van der Waals surface area contributed by atoms with Gasteiger partial charge in [-0.25, -0.2) is 25.9 Å². The molecule has 6 atom stereocenters. The Labute approximate surface area is 271 Å². The molecule has 2 aromatic carbocycles. The summed E-state index contributed by atoms with van der Waals surface area (Å²) in [4.78, 5) is 26.7. The molecule has 1 saturated carbocycles. The van der Waals surface area contributed by atoms with Crippen molar-refractivity contribution in [2.45, 2.75) is 87.6 Å². The van der Waals surface area contributed by atoms with Crippen molar-refractivity contribution in [3.05, 3.63) is 66.0 Å². The second-order valence-corrected chi connectivity index (χ2v) is 16.9. The van der Waals surface area contributed by atoms with Gasteiger partial charge in [-0.05, 0) is 88.6 Å². The molecule has 256 valence electrons. The topological polar surface area (TPSA) is 168 Å². The number of hydrogen-bond donors (Lipinski definition) is 4. The molecule has 0 heterocycles. The van der Waals surface area contributed by atoms with Crippen LogP contribution in [0.15, 0.2) is 59.5 Å². The molecule has 0 spiro atoms. The monoisotopic (exact) mass is 683 g/mol. The van der Waals surface area contributed by atoms with E-state index in [4.69, 9.17) is 4.74 Å². The average molecular weight is 684 g/mol. The van der Waals surface area contributed by atoms with Crippen LogP contribution < -0.4 is 15.4 Å². The number of halogens is 1. The van der Waals surface area contributed by atoms with E-state index >= 15 is 0 Å². The van der Waals surface area contributed by atoms with Gasteiger partial charge in [0.1, 0.15) is 11.9 Å². The minimum atomic E-state index is -4.24. The summed E-state index contributed by atoms with van der Waals surface area (Å²) in [5.41, 5.74) is 0.295. The highest BCUT2D eigenvalue weighted by atomic mass is 32.2. The molecule has 4 N–H and O–H groups in total. The Bertz CT molecular complexity index is 1530. The summed E-state index contributed by atoms with van der Waals surface area (Å²) >= 11 is 0. The first-order chi connectivity index (χ1) is 21.4. The Balaban J connectivity index is 1.88.